The highest BCUT2D eigenvalue weighted by atomic mass is 32.2. The first kappa shape index (κ1) is 13.6. The van der Waals surface area contributed by atoms with Crippen molar-refractivity contribution in [3.63, 3.8) is 0 Å². The minimum Gasteiger partial charge on any atom is -0.504 e. The molecule has 0 heterocycles. The van der Waals surface area contributed by atoms with Crippen LogP contribution < -0.4 is 14.2 Å². The van der Waals surface area contributed by atoms with Crippen LogP contribution in [0.3, 0.4) is 0 Å². The summed E-state index contributed by atoms with van der Waals surface area (Å²) in [5, 5.41) is 9.59. The van der Waals surface area contributed by atoms with Crippen molar-refractivity contribution in [2.24, 2.45) is 0 Å². The van der Waals surface area contributed by atoms with Gasteiger partial charge in [-0.15, -0.1) is 0 Å². The number of hydrogen-bond acceptors (Lipinski definition) is 5. The van der Waals surface area contributed by atoms with Gasteiger partial charge in [0.25, 0.3) is 0 Å². The highest BCUT2D eigenvalue weighted by Crippen LogP contribution is 2.34. The summed E-state index contributed by atoms with van der Waals surface area (Å²) in [4.78, 5) is 0. The van der Waals surface area contributed by atoms with Crippen molar-refractivity contribution in [2.45, 2.75) is 5.75 Å². The van der Waals surface area contributed by atoms with Crippen molar-refractivity contribution < 1.29 is 23.0 Å². The summed E-state index contributed by atoms with van der Waals surface area (Å²) >= 11 is 0. The molecule has 0 unspecified atom stereocenters. The van der Waals surface area contributed by atoms with E-state index >= 15 is 0 Å². The Bertz CT molecular complexity index is 498. The smallest absolute Gasteiger partial charge is 0.215 e. The lowest BCUT2D eigenvalue weighted by Crippen LogP contribution is -2.20. The van der Waals surface area contributed by atoms with E-state index in [2.05, 4.69) is 4.72 Å². The lowest BCUT2D eigenvalue weighted by Gasteiger charge is -2.12. The van der Waals surface area contributed by atoms with Crippen LogP contribution in [0.2, 0.25) is 0 Å². The Morgan fingerprint density at radius 3 is 2.29 bits per heavy atom. The second-order valence-corrected chi connectivity index (χ2v) is 5.23. The van der Waals surface area contributed by atoms with Gasteiger partial charge in [0, 0.05) is 11.6 Å². The predicted molar refractivity (Wildman–Crippen MR) is 62.9 cm³/mol. The van der Waals surface area contributed by atoms with Crippen molar-refractivity contribution in [3.05, 3.63) is 17.7 Å². The molecule has 7 heteroatoms. The molecule has 2 N–H and O–H groups in total. The zero-order chi connectivity index (χ0) is 13.1. The van der Waals surface area contributed by atoms with Crippen LogP contribution in [0.5, 0.6) is 17.2 Å². The maximum absolute atomic E-state index is 11.4. The highest BCUT2D eigenvalue weighted by Gasteiger charge is 2.16. The number of nitrogens with one attached hydrogen (secondary N) is 1. The standard InChI is InChI=1S/C10H15NO5S/c1-11-17(13,14)6-7-4-8(12)10(16-3)5-9(7)15-2/h4-5,11-12H,6H2,1-3H3. The first-order valence-corrected chi connectivity index (χ1v) is 6.44. The lowest BCUT2D eigenvalue weighted by molar-refractivity contribution is 0.363. The van der Waals surface area contributed by atoms with Gasteiger partial charge in [-0.3, -0.25) is 0 Å². The number of hydrogen-bond donors (Lipinski definition) is 2. The molecule has 17 heavy (non-hydrogen) atoms. The molecule has 1 aromatic rings. The van der Waals surface area contributed by atoms with Crippen LogP contribution in [0.4, 0.5) is 0 Å². The first-order valence-electron chi connectivity index (χ1n) is 4.78. The number of benzene rings is 1. The molecule has 0 radical (unpaired) electrons. The third-order valence-corrected chi connectivity index (χ3v) is 3.55. The van der Waals surface area contributed by atoms with E-state index in [1.54, 1.807) is 0 Å². The van der Waals surface area contributed by atoms with Gasteiger partial charge >= 0.3 is 0 Å². The van der Waals surface area contributed by atoms with E-state index in [1.165, 1.54) is 33.4 Å². The van der Waals surface area contributed by atoms with Crippen LogP contribution in [-0.4, -0.2) is 34.8 Å². The molecule has 0 fully saturated rings. The Kier molecular flexibility index (Phi) is 4.19. The molecule has 0 atom stereocenters. The SMILES string of the molecule is CNS(=O)(=O)Cc1cc(O)c(OC)cc1OC. The highest BCUT2D eigenvalue weighted by molar-refractivity contribution is 7.88. The second-order valence-electron chi connectivity index (χ2n) is 3.30. The van der Waals surface area contributed by atoms with E-state index < -0.39 is 10.0 Å². The van der Waals surface area contributed by atoms with Gasteiger partial charge in [-0.2, -0.15) is 0 Å². The van der Waals surface area contributed by atoms with Gasteiger partial charge in [-0.05, 0) is 13.1 Å². The Hall–Kier alpha value is -1.47. The van der Waals surface area contributed by atoms with Gasteiger partial charge in [0.2, 0.25) is 10.0 Å². The summed E-state index contributed by atoms with van der Waals surface area (Å²) in [6, 6.07) is 2.75. The van der Waals surface area contributed by atoms with Crippen LogP contribution in [0.1, 0.15) is 5.56 Å². The summed E-state index contributed by atoms with van der Waals surface area (Å²) in [5.41, 5.74) is 0.361. The van der Waals surface area contributed by atoms with Gasteiger partial charge in [-0.25, -0.2) is 13.1 Å². The normalized spacial score (nSPS) is 11.2. The summed E-state index contributed by atoms with van der Waals surface area (Å²) < 4.78 is 35.0. The van der Waals surface area contributed by atoms with Gasteiger partial charge in [0.15, 0.2) is 11.5 Å². The quantitative estimate of drug-likeness (QED) is 0.804. The Morgan fingerprint density at radius 2 is 1.82 bits per heavy atom. The van der Waals surface area contributed by atoms with Crippen molar-refractivity contribution in [1.82, 2.24) is 4.72 Å². The summed E-state index contributed by atoms with van der Waals surface area (Å²) in [7, 11) is 0.720. The van der Waals surface area contributed by atoms with Gasteiger partial charge in [0.05, 0.1) is 20.0 Å². The number of rotatable bonds is 5. The minimum absolute atomic E-state index is 0.130. The fourth-order valence-corrected chi connectivity index (χ4v) is 2.12. The number of phenolic OH excluding ortho intramolecular Hbond substituents is 1. The third-order valence-electron chi connectivity index (χ3n) is 2.24. The van der Waals surface area contributed by atoms with Crippen LogP contribution >= 0.6 is 0 Å². The number of aromatic hydroxyl groups is 1. The van der Waals surface area contributed by atoms with E-state index in [4.69, 9.17) is 9.47 Å². The average molecular weight is 261 g/mol. The molecule has 96 valence electrons. The number of ether oxygens (including phenoxy) is 2. The Morgan fingerprint density at radius 1 is 1.24 bits per heavy atom. The van der Waals surface area contributed by atoms with E-state index in [0.717, 1.165) is 0 Å². The molecule has 0 spiro atoms. The second kappa shape index (κ2) is 5.24. The maximum atomic E-state index is 11.4. The summed E-state index contributed by atoms with van der Waals surface area (Å²) in [6.45, 7) is 0. The van der Waals surface area contributed by atoms with Crippen molar-refractivity contribution in [2.75, 3.05) is 21.3 Å². The lowest BCUT2D eigenvalue weighted by atomic mass is 10.2. The molecule has 0 aliphatic carbocycles. The van der Waals surface area contributed by atoms with E-state index in [9.17, 15) is 13.5 Å². The Balaban J connectivity index is 3.20. The van der Waals surface area contributed by atoms with Crippen LogP contribution in [-0.2, 0) is 15.8 Å². The molecular weight excluding hydrogens is 246 g/mol. The molecule has 0 saturated carbocycles. The fourth-order valence-electron chi connectivity index (χ4n) is 1.34. The third kappa shape index (κ3) is 3.24. The van der Waals surface area contributed by atoms with Crippen LogP contribution in [0.25, 0.3) is 0 Å². The van der Waals surface area contributed by atoms with Crippen LogP contribution in [0.15, 0.2) is 12.1 Å². The monoisotopic (exact) mass is 261 g/mol. The first-order chi connectivity index (χ1) is 7.93. The molecule has 6 nitrogen and oxygen atoms in total. The predicted octanol–water partition coefficient (Wildman–Crippen LogP) is 0.459. The van der Waals surface area contributed by atoms with E-state index in [-0.39, 0.29) is 17.3 Å². The molecule has 0 aliphatic heterocycles. The molecule has 0 saturated heterocycles. The van der Waals surface area contributed by atoms with Gasteiger partial charge in [-0.1, -0.05) is 0 Å². The zero-order valence-corrected chi connectivity index (χ0v) is 10.7. The van der Waals surface area contributed by atoms with Crippen molar-refractivity contribution >= 4 is 10.0 Å². The number of phenols is 1. The largest absolute Gasteiger partial charge is 0.504 e. The molecule has 0 aliphatic rings. The van der Waals surface area contributed by atoms with Crippen LogP contribution in [0, 0.1) is 0 Å². The molecule has 0 amide bonds. The maximum Gasteiger partial charge on any atom is 0.215 e. The number of methoxy groups -OCH3 is 2. The molecule has 1 aromatic carbocycles. The van der Waals surface area contributed by atoms with Crippen molar-refractivity contribution in [1.29, 1.82) is 0 Å². The molecular formula is C10H15NO5S. The van der Waals surface area contributed by atoms with Crippen molar-refractivity contribution in [3.8, 4) is 17.2 Å². The van der Waals surface area contributed by atoms with E-state index in [1.807, 2.05) is 0 Å². The summed E-state index contributed by atoms with van der Waals surface area (Å²) in [6.07, 6.45) is 0. The van der Waals surface area contributed by atoms with Gasteiger partial charge in [0.1, 0.15) is 5.75 Å². The number of sulfonamides is 1. The Labute approximate surface area is 100 Å². The summed E-state index contributed by atoms with van der Waals surface area (Å²) in [5.74, 6) is 0.171. The minimum atomic E-state index is -3.42. The fraction of sp³-hybridized carbons (Fsp3) is 0.400. The average Bonchev–Trinajstić information content (AvgIpc) is 2.29. The topological polar surface area (TPSA) is 84.9 Å². The van der Waals surface area contributed by atoms with Gasteiger partial charge < -0.3 is 14.6 Å². The molecule has 0 bridgehead atoms. The molecule has 0 aromatic heterocycles. The molecule has 1 rings (SSSR count). The van der Waals surface area contributed by atoms with E-state index in [0.29, 0.717) is 11.3 Å². The zero-order valence-electron chi connectivity index (χ0n) is 9.85.